The van der Waals surface area contributed by atoms with E-state index in [2.05, 4.69) is 25.3 Å². The lowest BCUT2D eigenvalue weighted by molar-refractivity contribution is -0.127. The van der Waals surface area contributed by atoms with E-state index in [0.29, 0.717) is 27.8 Å². The van der Waals surface area contributed by atoms with Crippen molar-refractivity contribution in [3.8, 4) is 0 Å². The summed E-state index contributed by atoms with van der Waals surface area (Å²) in [5.41, 5.74) is 18.8. The number of nitrogens with zero attached hydrogens (tertiary/aromatic N) is 2. The Labute approximate surface area is 276 Å². The Morgan fingerprint density at radius 1 is 0.917 bits per heavy atom. The van der Waals surface area contributed by atoms with Crippen molar-refractivity contribution in [2.75, 3.05) is 13.1 Å². The number of fused-ring (bicyclic) bond motifs is 1. The number of rotatable bonds is 17. The van der Waals surface area contributed by atoms with Crippen LogP contribution in [0, 0.1) is 5.41 Å². The van der Waals surface area contributed by atoms with E-state index in [9.17, 15) is 22.8 Å². The average molecular weight is 676 g/mol. The van der Waals surface area contributed by atoms with Crippen molar-refractivity contribution in [3.05, 3.63) is 101 Å². The lowest BCUT2D eigenvalue weighted by atomic mass is 10.00. The number of benzene rings is 3. The molecule has 0 bridgehead atoms. The van der Waals surface area contributed by atoms with Crippen LogP contribution in [0.25, 0.3) is 11.1 Å². The van der Waals surface area contributed by atoms with Gasteiger partial charge in [0.25, 0.3) is 5.89 Å². The number of ketones is 1. The molecule has 0 spiro atoms. The molecule has 1 heterocycles. The molecule has 48 heavy (non-hydrogen) atoms. The third-order valence-electron chi connectivity index (χ3n) is 7.04. The van der Waals surface area contributed by atoms with Gasteiger partial charge in [0.15, 0.2) is 11.5 Å². The van der Waals surface area contributed by atoms with Gasteiger partial charge in [-0.05, 0) is 42.2 Å². The van der Waals surface area contributed by atoms with Crippen molar-refractivity contribution >= 4 is 50.5 Å². The summed E-state index contributed by atoms with van der Waals surface area (Å²) in [6, 6.07) is 19.5. The summed E-state index contributed by atoms with van der Waals surface area (Å²) < 4.78 is 33.9. The molecule has 2 amide bonds. The molecule has 1 aromatic heterocycles. The van der Waals surface area contributed by atoms with Crippen LogP contribution in [0.2, 0.25) is 0 Å². The molecule has 0 aliphatic heterocycles. The Balaban J connectivity index is 1.47. The SMILES string of the molecule is N=C(N)c1cccc(C[C@H](NC(=O)CNC(=O)[C@@H](CCCN=C(N)N)NS(=O)(=O)Cc2ccccc2)C(=O)c2nc3ccccc3o2)c1. The molecular weight excluding hydrogens is 638 g/mol. The molecule has 15 nitrogen and oxygen atoms in total. The van der Waals surface area contributed by atoms with E-state index in [1.807, 2.05) is 0 Å². The number of amides is 2. The molecule has 0 aliphatic carbocycles. The fourth-order valence-electron chi connectivity index (χ4n) is 4.77. The maximum absolute atomic E-state index is 13.6. The van der Waals surface area contributed by atoms with Crippen molar-refractivity contribution in [2.24, 2.45) is 22.2 Å². The first-order valence-electron chi connectivity index (χ1n) is 14.9. The van der Waals surface area contributed by atoms with Gasteiger partial charge in [0, 0.05) is 18.5 Å². The van der Waals surface area contributed by atoms with Crippen molar-refractivity contribution in [2.45, 2.75) is 37.1 Å². The van der Waals surface area contributed by atoms with Crippen LogP contribution in [0.5, 0.6) is 0 Å². The predicted octanol–water partition coefficient (Wildman–Crippen LogP) is 0.680. The molecule has 4 aromatic rings. The summed E-state index contributed by atoms with van der Waals surface area (Å²) in [6.45, 7) is -0.425. The summed E-state index contributed by atoms with van der Waals surface area (Å²) in [4.78, 5) is 48.1. The van der Waals surface area contributed by atoms with Crippen molar-refractivity contribution in [3.63, 3.8) is 0 Å². The van der Waals surface area contributed by atoms with Gasteiger partial charge in [-0.25, -0.2) is 18.1 Å². The maximum atomic E-state index is 13.6. The number of Topliss-reactive ketones (excluding diaryl/α,β-unsaturated/α-hetero) is 1. The number of sulfonamides is 1. The van der Waals surface area contributed by atoms with Crippen LogP contribution in [0.15, 0.2) is 88.3 Å². The number of hydrogen-bond donors (Lipinski definition) is 7. The lowest BCUT2D eigenvalue weighted by Crippen LogP contribution is -2.51. The van der Waals surface area contributed by atoms with Crippen LogP contribution in [0.1, 0.15) is 40.2 Å². The number of nitrogens with one attached hydrogen (secondary N) is 4. The monoisotopic (exact) mass is 675 g/mol. The van der Waals surface area contributed by atoms with Crippen LogP contribution >= 0.6 is 0 Å². The van der Waals surface area contributed by atoms with Gasteiger partial charge in [0.2, 0.25) is 27.6 Å². The third-order valence-corrected chi connectivity index (χ3v) is 8.40. The Kier molecular flexibility index (Phi) is 12.0. The summed E-state index contributed by atoms with van der Waals surface area (Å²) in [7, 11) is -3.97. The van der Waals surface area contributed by atoms with Gasteiger partial charge in [0.05, 0.1) is 12.3 Å². The van der Waals surface area contributed by atoms with Crippen LogP contribution < -0.4 is 32.6 Å². The number of guanidine groups is 1. The molecule has 0 saturated carbocycles. The Morgan fingerprint density at radius 3 is 2.33 bits per heavy atom. The van der Waals surface area contributed by atoms with Crippen LogP contribution in [-0.4, -0.2) is 68.0 Å². The highest BCUT2D eigenvalue weighted by atomic mass is 32.2. The van der Waals surface area contributed by atoms with Crippen molar-refractivity contribution < 1.29 is 27.2 Å². The van der Waals surface area contributed by atoms with Crippen LogP contribution in [-0.2, 0) is 31.8 Å². The fraction of sp³-hybridized carbons (Fsp3) is 0.250. The number of amidine groups is 1. The maximum Gasteiger partial charge on any atom is 0.266 e. The third kappa shape index (κ3) is 10.5. The standard InChI is InChI=1S/C32H37N9O6S/c33-29(34)22-11-6-10-21(16-22)17-25(28(43)31-40-23-12-4-5-14-26(23)47-31)39-27(42)18-38-30(44)24(13-7-15-37-32(35)36)41-48(45,46)19-20-8-2-1-3-9-20/h1-6,8-12,14,16,24-25,41H,7,13,15,17-19H2,(H3,33,34)(H,38,44)(H,39,42)(H4,35,36,37)/t24-,25+/m1/s1. The molecule has 0 aliphatic rings. The first kappa shape index (κ1) is 35.2. The number of oxazole rings is 1. The van der Waals surface area contributed by atoms with E-state index in [-0.39, 0.29) is 49.2 Å². The second-order valence-electron chi connectivity index (χ2n) is 10.9. The van der Waals surface area contributed by atoms with Gasteiger partial charge in [-0.2, -0.15) is 0 Å². The van der Waals surface area contributed by atoms with E-state index < -0.39 is 46.2 Å². The van der Waals surface area contributed by atoms with Gasteiger partial charge >= 0.3 is 0 Å². The minimum atomic E-state index is -3.97. The molecule has 0 radical (unpaired) electrons. The highest BCUT2D eigenvalue weighted by Crippen LogP contribution is 2.18. The summed E-state index contributed by atoms with van der Waals surface area (Å²) in [6.07, 6.45) is 0.283. The molecule has 252 valence electrons. The number of carbonyl (C=O) groups excluding carboxylic acids is 3. The molecule has 10 N–H and O–H groups in total. The zero-order chi connectivity index (χ0) is 34.7. The lowest BCUT2D eigenvalue weighted by Gasteiger charge is -2.20. The summed E-state index contributed by atoms with van der Waals surface area (Å²) >= 11 is 0. The predicted molar refractivity (Wildman–Crippen MR) is 180 cm³/mol. The fourth-order valence-corrected chi connectivity index (χ4v) is 6.15. The van der Waals surface area contributed by atoms with Gasteiger partial charge in [-0.1, -0.05) is 60.7 Å². The topological polar surface area (TPSA) is 262 Å². The number of carbonyl (C=O) groups is 3. The average Bonchev–Trinajstić information content (AvgIpc) is 3.49. The Bertz CT molecular complexity index is 1870. The van der Waals surface area contributed by atoms with Crippen LogP contribution in [0.4, 0.5) is 0 Å². The molecule has 4 rings (SSSR count). The minimum absolute atomic E-state index is 0.00886. The number of aliphatic imine (C=N–C) groups is 1. The molecule has 16 heteroatoms. The normalized spacial score (nSPS) is 12.5. The van der Waals surface area contributed by atoms with E-state index in [1.165, 1.54) is 0 Å². The molecule has 0 saturated heterocycles. The van der Waals surface area contributed by atoms with Gasteiger partial charge < -0.3 is 32.3 Å². The largest absolute Gasteiger partial charge is 0.434 e. The minimum Gasteiger partial charge on any atom is -0.434 e. The van der Waals surface area contributed by atoms with E-state index in [1.54, 1.807) is 78.9 Å². The summed E-state index contributed by atoms with van der Waals surface area (Å²) in [5.74, 6) is -3.01. The summed E-state index contributed by atoms with van der Waals surface area (Å²) in [5, 5.41) is 12.8. The number of hydrogen-bond acceptors (Lipinski definition) is 9. The first-order chi connectivity index (χ1) is 22.9. The van der Waals surface area contributed by atoms with E-state index in [4.69, 9.17) is 27.0 Å². The zero-order valence-corrected chi connectivity index (χ0v) is 26.7. The Morgan fingerprint density at radius 2 is 1.62 bits per heavy atom. The van der Waals surface area contributed by atoms with E-state index in [0.717, 1.165) is 0 Å². The second kappa shape index (κ2) is 16.3. The zero-order valence-electron chi connectivity index (χ0n) is 25.9. The smallest absolute Gasteiger partial charge is 0.266 e. The highest BCUT2D eigenvalue weighted by Gasteiger charge is 2.29. The first-order valence-corrected chi connectivity index (χ1v) is 16.5. The number of nitrogens with two attached hydrogens (primary N) is 3. The molecule has 3 aromatic carbocycles. The van der Waals surface area contributed by atoms with Crippen molar-refractivity contribution in [1.82, 2.24) is 20.3 Å². The van der Waals surface area contributed by atoms with Crippen molar-refractivity contribution in [1.29, 1.82) is 5.41 Å². The van der Waals surface area contributed by atoms with Gasteiger partial charge in [-0.3, -0.25) is 24.8 Å². The van der Waals surface area contributed by atoms with Gasteiger partial charge in [0.1, 0.15) is 23.4 Å². The van der Waals surface area contributed by atoms with E-state index >= 15 is 0 Å². The second-order valence-corrected chi connectivity index (χ2v) is 12.6. The quantitative estimate of drug-likeness (QED) is 0.0356. The van der Waals surface area contributed by atoms with Gasteiger partial charge in [-0.15, -0.1) is 0 Å². The molecule has 0 unspecified atom stereocenters. The highest BCUT2D eigenvalue weighted by molar-refractivity contribution is 7.88. The number of para-hydroxylation sites is 2. The Hall–Kier alpha value is -5.61. The molecule has 2 atom stereocenters. The van der Waals surface area contributed by atoms with Crippen LogP contribution in [0.3, 0.4) is 0 Å². The number of aromatic nitrogens is 1. The molecule has 0 fully saturated rings. The number of nitrogen functional groups attached to an aromatic ring is 1. The molecular formula is C32H37N9O6S.